The van der Waals surface area contributed by atoms with Crippen molar-refractivity contribution in [3.63, 3.8) is 0 Å². The van der Waals surface area contributed by atoms with E-state index in [1.165, 1.54) is 23.1 Å². The number of halogens is 1. The Morgan fingerprint density at radius 1 is 1.02 bits per heavy atom. The second-order valence-electron chi connectivity index (χ2n) is 9.49. The zero-order valence-corrected chi connectivity index (χ0v) is 24.8. The van der Waals surface area contributed by atoms with Crippen molar-refractivity contribution in [1.82, 2.24) is 10.2 Å². The summed E-state index contributed by atoms with van der Waals surface area (Å²) in [6.07, 6.45) is 1.72. The van der Waals surface area contributed by atoms with Gasteiger partial charge in [-0.25, -0.2) is 8.42 Å². The molecule has 0 aliphatic rings. The predicted molar refractivity (Wildman–Crippen MR) is 158 cm³/mol. The molecular formula is C30H36ClN3O5S. The number of rotatable bonds is 13. The number of carbonyl (C=O) groups is 2. The molecule has 0 aliphatic carbocycles. The summed E-state index contributed by atoms with van der Waals surface area (Å²) in [5.74, 6) is -0.195. The van der Waals surface area contributed by atoms with Crippen LogP contribution in [0.4, 0.5) is 5.69 Å². The topological polar surface area (TPSA) is 96.0 Å². The van der Waals surface area contributed by atoms with Crippen LogP contribution < -0.4 is 14.4 Å². The Balaban J connectivity index is 1.99. The van der Waals surface area contributed by atoms with E-state index in [0.717, 1.165) is 28.3 Å². The Hall–Kier alpha value is -3.56. The summed E-state index contributed by atoms with van der Waals surface area (Å²) in [5, 5.41) is 3.20. The van der Waals surface area contributed by atoms with Crippen molar-refractivity contribution in [2.45, 2.75) is 51.1 Å². The number of amides is 2. The molecule has 0 fully saturated rings. The average molecular weight is 586 g/mol. The third kappa shape index (κ3) is 7.99. The second-order valence-corrected chi connectivity index (χ2v) is 11.8. The number of nitrogens with zero attached hydrogens (tertiary/aromatic N) is 2. The minimum atomic E-state index is -4.15. The summed E-state index contributed by atoms with van der Waals surface area (Å²) in [4.78, 5) is 28.4. The first-order valence-electron chi connectivity index (χ1n) is 13.1. The van der Waals surface area contributed by atoms with E-state index >= 15 is 0 Å². The zero-order chi connectivity index (χ0) is 29.3. The van der Waals surface area contributed by atoms with E-state index in [4.69, 9.17) is 16.3 Å². The highest BCUT2D eigenvalue weighted by molar-refractivity contribution is 7.92. The lowest BCUT2D eigenvalue weighted by molar-refractivity contribution is -0.139. The van der Waals surface area contributed by atoms with E-state index in [2.05, 4.69) is 5.32 Å². The van der Waals surface area contributed by atoms with Crippen molar-refractivity contribution < 1.29 is 22.7 Å². The quantitative estimate of drug-likeness (QED) is 0.279. The van der Waals surface area contributed by atoms with Crippen LogP contribution in [0.1, 0.15) is 37.8 Å². The van der Waals surface area contributed by atoms with Gasteiger partial charge in [-0.15, -0.1) is 0 Å². The van der Waals surface area contributed by atoms with Crippen LogP contribution in [-0.2, 0) is 26.2 Å². The smallest absolute Gasteiger partial charge is 0.264 e. The lowest BCUT2D eigenvalue weighted by Gasteiger charge is -2.32. The Morgan fingerprint density at radius 2 is 1.70 bits per heavy atom. The van der Waals surface area contributed by atoms with Crippen molar-refractivity contribution >= 4 is 39.1 Å². The first-order valence-corrected chi connectivity index (χ1v) is 14.9. The van der Waals surface area contributed by atoms with Crippen molar-refractivity contribution in [3.8, 4) is 5.75 Å². The maximum atomic E-state index is 13.9. The van der Waals surface area contributed by atoms with Gasteiger partial charge in [0.25, 0.3) is 10.0 Å². The van der Waals surface area contributed by atoms with E-state index in [0.29, 0.717) is 17.3 Å². The maximum Gasteiger partial charge on any atom is 0.264 e. The third-order valence-electron chi connectivity index (χ3n) is 6.49. The minimum absolute atomic E-state index is 0.0398. The highest BCUT2D eigenvalue weighted by Crippen LogP contribution is 2.27. The van der Waals surface area contributed by atoms with Gasteiger partial charge in [-0.05, 0) is 68.3 Å². The third-order valence-corrected chi connectivity index (χ3v) is 8.52. The van der Waals surface area contributed by atoms with E-state index < -0.39 is 28.5 Å². The van der Waals surface area contributed by atoms with Crippen LogP contribution in [0.2, 0.25) is 5.02 Å². The van der Waals surface area contributed by atoms with E-state index in [9.17, 15) is 18.0 Å². The molecule has 3 aromatic rings. The molecule has 3 aromatic carbocycles. The first-order chi connectivity index (χ1) is 19.1. The molecule has 1 unspecified atom stereocenters. The number of carbonyl (C=O) groups excluding carboxylic acids is 2. The number of aryl methyl sites for hydroxylation is 1. The summed E-state index contributed by atoms with van der Waals surface area (Å²) >= 11 is 6.21. The van der Waals surface area contributed by atoms with Crippen LogP contribution >= 0.6 is 11.6 Å². The van der Waals surface area contributed by atoms with Crippen LogP contribution in [0, 0.1) is 6.92 Å². The molecule has 0 heterocycles. The average Bonchev–Trinajstić information content (AvgIpc) is 2.94. The van der Waals surface area contributed by atoms with Crippen LogP contribution in [0.25, 0.3) is 0 Å². The molecule has 214 valence electrons. The molecule has 3 rings (SSSR count). The number of sulfonamides is 1. The Bertz CT molecular complexity index is 1400. The zero-order valence-electron chi connectivity index (χ0n) is 23.3. The van der Waals surface area contributed by atoms with Crippen molar-refractivity contribution in [1.29, 1.82) is 0 Å². The fourth-order valence-corrected chi connectivity index (χ4v) is 5.63. The molecule has 2 amide bonds. The molecular weight excluding hydrogens is 550 g/mol. The molecule has 0 aliphatic heterocycles. The lowest BCUT2D eigenvalue weighted by atomic mass is 10.1. The van der Waals surface area contributed by atoms with Crippen LogP contribution in [-0.4, -0.2) is 51.4 Å². The summed E-state index contributed by atoms with van der Waals surface area (Å²) in [7, 11) is -2.59. The van der Waals surface area contributed by atoms with E-state index in [-0.39, 0.29) is 23.0 Å². The van der Waals surface area contributed by atoms with Gasteiger partial charge < -0.3 is 15.0 Å². The SMILES string of the molecule is CCCCNC(=O)C(C)N(Cc1ccc(OC)cc1)C(=O)CN(c1cccc(Cl)c1)S(=O)(=O)c1ccc(C)cc1. The summed E-state index contributed by atoms with van der Waals surface area (Å²) in [5.41, 5.74) is 1.90. The number of benzene rings is 3. The first kappa shape index (κ1) is 31.0. The van der Waals surface area contributed by atoms with Gasteiger partial charge in [-0.3, -0.25) is 13.9 Å². The fourth-order valence-electron chi connectivity index (χ4n) is 4.04. The van der Waals surface area contributed by atoms with Gasteiger partial charge in [0.15, 0.2) is 0 Å². The number of nitrogens with one attached hydrogen (secondary N) is 1. The summed E-state index contributed by atoms with van der Waals surface area (Å²) in [6, 6.07) is 19.0. The molecule has 0 spiro atoms. The van der Waals surface area contributed by atoms with Gasteiger partial charge in [-0.1, -0.05) is 60.8 Å². The van der Waals surface area contributed by atoms with E-state index in [1.54, 1.807) is 68.6 Å². The molecule has 0 aromatic heterocycles. The Kier molecular flexibility index (Phi) is 11.0. The molecule has 0 saturated carbocycles. The molecule has 1 atom stereocenters. The van der Waals surface area contributed by atoms with Gasteiger partial charge in [0.1, 0.15) is 18.3 Å². The summed E-state index contributed by atoms with van der Waals surface area (Å²) < 4.78 is 33.9. The van der Waals surface area contributed by atoms with Gasteiger partial charge in [0.2, 0.25) is 11.8 Å². The van der Waals surface area contributed by atoms with Crippen molar-refractivity contribution in [2.24, 2.45) is 0 Å². The molecule has 0 bridgehead atoms. The van der Waals surface area contributed by atoms with Gasteiger partial charge in [0.05, 0.1) is 17.7 Å². The molecule has 1 N–H and O–H groups in total. The Morgan fingerprint density at radius 3 is 2.30 bits per heavy atom. The molecule has 40 heavy (non-hydrogen) atoms. The normalized spacial score (nSPS) is 11.9. The number of anilines is 1. The van der Waals surface area contributed by atoms with E-state index in [1.807, 2.05) is 13.8 Å². The number of ether oxygens (including phenoxy) is 1. The highest BCUT2D eigenvalue weighted by atomic mass is 35.5. The monoisotopic (exact) mass is 585 g/mol. The fraction of sp³-hybridized carbons (Fsp3) is 0.333. The highest BCUT2D eigenvalue weighted by Gasteiger charge is 2.32. The number of hydrogen-bond acceptors (Lipinski definition) is 5. The lowest BCUT2D eigenvalue weighted by Crippen LogP contribution is -2.51. The van der Waals surface area contributed by atoms with Crippen molar-refractivity contribution in [2.75, 3.05) is 24.5 Å². The molecule has 8 nitrogen and oxygen atoms in total. The van der Waals surface area contributed by atoms with Crippen LogP contribution in [0.15, 0.2) is 77.7 Å². The van der Waals surface area contributed by atoms with Gasteiger partial charge in [-0.2, -0.15) is 0 Å². The van der Waals surface area contributed by atoms with Gasteiger partial charge >= 0.3 is 0 Å². The standard InChI is InChI=1S/C30H36ClN3O5S/c1-5-6-18-32-30(36)23(3)33(20-24-12-14-27(39-4)15-13-24)29(35)21-34(26-9-7-8-25(31)19-26)40(37,38)28-16-10-22(2)11-17-28/h7-17,19,23H,5-6,18,20-21H2,1-4H3,(H,32,36). The van der Waals surface area contributed by atoms with Gasteiger partial charge in [0, 0.05) is 18.1 Å². The largest absolute Gasteiger partial charge is 0.497 e. The molecule has 10 heteroatoms. The Labute approximate surface area is 241 Å². The summed E-state index contributed by atoms with van der Waals surface area (Å²) in [6.45, 7) is 5.58. The predicted octanol–water partition coefficient (Wildman–Crippen LogP) is 5.19. The van der Waals surface area contributed by atoms with Crippen LogP contribution in [0.3, 0.4) is 0 Å². The molecule has 0 radical (unpaired) electrons. The second kappa shape index (κ2) is 14.2. The number of unbranched alkanes of at least 4 members (excludes halogenated alkanes) is 1. The van der Waals surface area contributed by atoms with Crippen LogP contribution in [0.5, 0.6) is 5.75 Å². The number of methoxy groups -OCH3 is 1. The molecule has 0 saturated heterocycles. The minimum Gasteiger partial charge on any atom is -0.497 e. The van der Waals surface area contributed by atoms with Crippen molar-refractivity contribution in [3.05, 3.63) is 88.9 Å². The number of hydrogen-bond donors (Lipinski definition) is 1. The maximum absolute atomic E-state index is 13.9.